The SMILES string of the molecule is C=CCN(C(=O)OC(C)(C)C)C1C(=O)NC=CC1=S. The molecule has 0 fully saturated rings. The number of amides is 2. The molecular weight excluding hydrogens is 264 g/mol. The number of ether oxygens (including phenoxy) is 1. The van der Waals surface area contributed by atoms with Crippen molar-refractivity contribution in [3.05, 3.63) is 24.9 Å². The van der Waals surface area contributed by atoms with Crippen LogP contribution in [0.3, 0.4) is 0 Å². The van der Waals surface area contributed by atoms with E-state index in [9.17, 15) is 9.59 Å². The van der Waals surface area contributed by atoms with Crippen LogP contribution in [0.1, 0.15) is 20.8 Å². The first-order chi connectivity index (χ1) is 8.76. The first-order valence-corrected chi connectivity index (χ1v) is 6.28. The van der Waals surface area contributed by atoms with E-state index in [0.29, 0.717) is 4.86 Å². The molecule has 0 aliphatic carbocycles. The summed E-state index contributed by atoms with van der Waals surface area (Å²) in [5.41, 5.74) is -0.640. The molecule has 1 aliphatic rings. The second kappa shape index (κ2) is 5.97. The highest BCUT2D eigenvalue weighted by Crippen LogP contribution is 2.15. The summed E-state index contributed by atoms with van der Waals surface area (Å²) < 4.78 is 5.28. The Bertz CT molecular complexity index is 438. The van der Waals surface area contributed by atoms with Crippen LogP contribution in [0.25, 0.3) is 0 Å². The van der Waals surface area contributed by atoms with Crippen LogP contribution in [0.15, 0.2) is 24.9 Å². The Labute approximate surface area is 118 Å². The number of nitrogens with zero attached hydrogens (tertiary/aromatic N) is 1. The zero-order valence-corrected chi connectivity index (χ0v) is 12.1. The Morgan fingerprint density at radius 3 is 2.74 bits per heavy atom. The molecule has 1 atom stereocenters. The number of hydrogen-bond acceptors (Lipinski definition) is 4. The van der Waals surface area contributed by atoms with Crippen molar-refractivity contribution in [3.63, 3.8) is 0 Å². The van der Waals surface area contributed by atoms with Crippen LogP contribution >= 0.6 is 12.2 Å². The van der Waals surface area contributed by atoms with Gasteiger partial charge in [-0.05, 0) is 26.8 Å². The standard InChI is InChI=1S/C13H18N2O3S/c1-5-8-15(12(17)18-13(2,3)4)10-9(19)6-7-14-11(10)16/h5-7,10H,1,8H2,2-4H3,(H,14,16). The van der Waals surface area contributed by atoms with Crippen molar-refractivity contribution in [1.29, 1.82) is 0 Å². The van der Waals surface area contributed by atoms with E-state index >= 15 is 0 Å². The number of carbonyl (C=O) groups excluding carboxylic acids is 2. The molecular formula is C13H18N2O3S. The molecule has 1 rings (SSSR count). The highest BCUT2D eigenvalue weighted by atomic mass is 32.1. The van der Waals surface area contributed by atoms with E-state index in [0.717, 1.165) is 0 Å². The minimum Gasteiger partial charge on any atom is -0.444 e. The Hall–Kier alpha value is -1.69. The lowest BCUT2D eigenvalue weighted by molar-refractivity contribution is -0.123. The van der Waals surface area contributed by atoms with E-state index in [-0.39, 0.29) is 12.5 Å². The largest absolute Gasteiger partial charge is 0.444 e. The van der Waals surface area contributed by atoms with Crippen LogP contribution in [0.5, 0.6) is 0 Å². The molecule has 0 aromatic heterocycles. The van der Waals surface area contributed by atoms with Gasteiger partial charge in [0.25, 0.3) is 5.91 Å². The summed E-state index contributed by atoms with van der Waals surface area (Å²) in [6.07, 6.45) is 3.98. The summed E-state index contributed by atoms with van der Waals surface area (Å²) in [5.74, 6) is -0.347. The van der Waals surface area contributed by atoms with Crippen molar-refractivity contribution in [2.75, 3.05) is 6.54 Å². The van der Waals surface area contributed by atoms with Gasteiger partial charge in [0.15, 0.2) is 0 Å². The maximum atomic E-state index is 12.1. The van der Waals surface area contributed by atoms with Gasteiger partial charge in [0.2, 0.25) is 0 Å². The lowest BCUT2D eigenvalue weighted by Gasteiger charge is -2.32. The van der Waals surface area contributed by atoms with Gasteiger partial charge in [-0.2, -0.15) is 0 Å². The molecule has 0 aromatic carbocycles. The van der Waals surface area contributed by atoms with Gasteiger partial charge in [-0.1, -0.05) is 18.3 Å². The second-order valence-corrected chi connectivity index (χ2v) is 5.54. The first kappa shape index (κ1) is 15.4. The molecule has 0 saturated heterocycles. The Morgan fingerprint density at radius 2 is 2.26 bits per heavy atom. The van der Waals surface area contributed by atoms with Gasteiger partial charge in [0.1, 0.15) is 11.6 Å². The van der Waals surface area contributed by atoms with Crippen molar-refractivity contribution < 1.29 is 14.3 Å². The maximum Gasteiger partial charge on any atom is 0.411 e. The molecule has 0 aromatic rings. The van der Waals surface area contributed by atoms with E-state index in [2.05, 4.69) is 11.9 Å². The van der Waals surface area contributed by atoms with Crippen molar-refractivity contribution in [1.82, 2.24) is 10.2 Å². The number of carbonyl (C=O) groups is 2. The monoisotopic (exact) mass is 282 g/mol. The summed E-state index contributed by atoms with van der Waals surface area (Å²) in [5, 5.41) is 2.53. The van der Waals surface area contributed by atoms with Crippen LogP contribution in [-0.2, 0) is 9.53 Å². The van der Waals surface area contributed by atoms with E-state index in [1.807, 2.05) is 0 Å². The molecule has 0 bridgehead atoms. The third-order valence-corrected chi connectivity index (χ3v) is 2.62. The number of hydrogen-bond donors (Lipinski definition) is 1. The summed E-state index contributed by atoms with van der Waals surface area (Å²) in [6, 6.07) is -0.840. The van der Waals surface area contributed by atoms with E-state index in [1.54, 1.807) is 26.8 Å². The minimum atomic E-state index is -0.840. The van der Waals surface area contributed by atoms with Gasteiger partial charge in [0.05, 0.1) is 0 Å². The molecule has 1 aliphatic heterocycles. The number of thiocarbonyl (C=S) groups is 1. The molecule has 0 spiro atoms. The Morgan fingerprint density at radius 1 is 1.63 bits per heavy atom. The molecule has 0 radical (unpaired) electrons. The normalized spacial score (nSPS) is 18.8. The van der Waals surface area contributed by atoms with Gasteiger partial charge in [-0.3, -0.25) is 9.69 Å². The average Bonchev–Trinajstić information content (AvgIpc) is 2.25. The molecule has 19 heavy (non-hydrogen) atoms. The fourth-order valence-electron chi connectivity index (χ4n) is 1.55. The Kier molecular flexibility index (Phi) is 4.83. The summed E-state index contributed by atoms with van der Waals surface area (Å²) in [6.45, 7) is 9.04. The van der Waals surface area contributed by atoms with Gasteiger partial charge in [0, 0.05) is 17.6 Å². The third kappa shape index (κ3) is 4.17. The van der Waals surface area contributed by atoms with Gasteiger partial charge in [-0.15, -0.1) is 6.58 Å². The van der Waals surface area contributed by atoms with Gasteiger partial charge < -0.3 is 10.1 Å². The van der Waals surface area contributed by atoms with E-state index in [4.69, 9.17) is 17.0 Å². The average molecular weight is 282 g/mol. The molecule has 6 heteroatoms. The van der Waals surface area contributed by atoms with Crippen LogP contribution < -0.4 is 5.32 Å². The van der Waals surface area contributed by atoms with E-state index in [1.165, 1.54) is 17.2 Å². The predicted molar refractivity (Wildman–Crippen MR) is 76.8 cm³/mol. The van der Waals surface area contributed by atoms with Gasteiger partial charge in [-0.25, -0.2) is 4.79 Å². The minimum absolute atomic E-state index is 0.182. The van der Waals surface area contributed by atoms with Crippen LogP contribution in [0.4, 0.5) is 4.79 Å². The fourth-order valence-corrected chi connectivity index (χ4v) is 1.85. The van der Waals surface area contributed by atoms with Crippen molar-refractivity contribution in [2.24, 2.45) is 0 Å². The quantitative estimate of drug-likeness (QED) is 0.633. The fraction of sp³-hybridized carbons (Fsp3) is 0.462. The topological polar surface area (TPSA) is 58.6 Å². The zero-order chi connectivity index (χ0) is 14.6. The lowest BCUT2D eigenvalue weighted by Crippen LogP contribution is -2.54. The second-order valence-electron chi connectivity index (χ2n) is 5.07. The van der Waals surface area contributed by atoms with Crippen LogP contribution in [0.2, 0.25) is 0 Å². The first-order valence-electron chi connectivity index (χ1n) is 5.87. The highest BCUT2D eigenvalue weighted by molar-refractivity contribution is 7.81. The van der Waals surface area contributed by atoms with Crippen LogP contribution in [0, 0.1) is 0 Å². The molecule has 0 saturated carbocycles. The molecule has 2 amide bonds. The third-order valence-electron chi connectivity index (χ3n) is 2.26. The Balaban J connectivity index is 2.96. The summed E-state index contributed by atoms with van der Waals surface area (Å²) in [4.78, 5) is 25.6. The summed E-state index contributed by atoms with van der Waals surface area (Å²) in [7, 11) is 0. The summed E-state index contributed by atoms with van der Waals surface area (Å²) >= 11 is 5.12. The maximum absolute atomic E-state index is 12.1. The number of rotatable bonds is 3. The molecule has 1 unspecified atom stereocenters. The molecule has 104 valence electrons. The predicted octanol–water partition coefficient (Wildman–Crippen LogP) is 1.79. The van der Waals surface area contributed by atoms with Crippen molar-refractivity contribution in [3.8, 4) is 0 Å². The zero-order valence-electron chi connectivity index (χ0n) is 11.3. The van der Waals surface area contributed by atoms with E-state index < -0.39 is 17.7 Å². The molecule has 5 nitrogen and oxygen atoms in total. The van der Waals surface area contributed by atoms with Crippen LogP contribution in [-0.4, -0.2) is 40.0 Å². The smallest absolute Gasteiger partial charge is 0.411 e. The van der Waals surface area contributed by atoms with Crippen molar-refractivity contribution >= 4 is 29.1 Å². The van der Waals surface area contributed by atoms with Crippen molar-refractivity contribution in [2.45, 2.75) is 32.4 Å². The number of nitrogens with one attached hydrogen (secondary N) is 1. The van der Waals surface area contributed by atoms with Gasteiger partial charge >= 0.3 is 6.09 Å². The highest BCUT2D eigenvalue weighted by Gasteiger charge is 2.35. The molecule has 1 N–H and O–H groups in total. The molecule has 1 heterocycles. The lowest BCUT2D eigenvalue weighted by atomic mass is 10.1.